The first-order valence-electron chi connectivity index (χ1n) is 6.24. The molecule has 1 aromatic carbocycles. The second-order valence-corrected chi connectivity index (χ2v) is 4.29. The molecular weight excluding hydrogens is 226 g/mol. The van der Waals surface area contributed by atoms with Crippen molar-refractivity contribution in [3.63, 3.8) is 0 Å². The smallest absolute Gasteiger partial charge is 0.124 e. The summed E-state index contributed by atoms with van der Waals surface area (Å²) in [4.78, 5) is 2.30. The number of aromatic nitrogens is 1. The van der Waals surface area contributed by atoms with Crippen molar-refractivity contribution in [2.75, 3.05) is 19.6 Å². The van der Waals surface area contributed by atoms with Crippen molar-refractivity contribution >= 4 is 0 Å². The number of nitrogens with zero attached hydrogens (tertiary/aromatic N) is 2. The van der Waals surface area contributed by atoms with E-state index in [1.807, 2.05) is 12.1 Å². The molecule has 18 heavy (non-hydrogen) atoms. The lowest BCUT2D eigenvalue weighted by molar-refractivity contribution is 0.266. The van der Waals surface area contributed by atoms with Crippen molar-refractivity contribution < 1.29 is 4.52 Å². The summed E-state index contributed by atoms with van der Waals surface area (Å²) in [6, 6.07) is 12.4. The molecule has 0 fully saturated rings. The van der Waals surface area contributed by atoms with Gasteiger partial charge in [0.25, 0.3) is 0 Å². The van der Waals surface area contributed by atoms with Gasteiger partial charge in [0.15, 0.2) is 0 Å². The zero-order chi connectivity index (χ0) is 12.6. The Kier molecular flexibility index (Phi) is 4.93. The second kappa shape index (κ2) is 6.93. The Bertz CT molecular complexity index is 428. The number of benzene rings is 1. The lowest BCUT2D eigenvalue weighted by Gasteiger charge is -2.20. The van der Waals surface area contributed by atoms with E-state index in [4.69, 9.17) is 10.3 Å². The maximum Gasteiger partial charge on any atom is 0.124 e. The van der Waals surface area contributed by atoms with Crippen LogP contribution in [0.2, 0.25) is 0 Å². The summed E-state index contributed by atoms with van der Waals surface area (Å²) in [6.45, 7) is 3.31. The van der Waals surface area contributed by atoms with E-state index in [1.165, 1.54) is 5.56 Å². The van der Waals surface area contributed by atoms with Gasteiger partial charge >= 0.3 is 0 Å². The molecule has 1 aromatic heterocycles. The number of rotatable bonds is 7. The molecule has 4 heteroatoms. The number of hydrogen-bond donors (Lipinski definition) is 1. The highest BCUT2D eigenvalue weighted by atomic mass is 16.5. The first-order valence-corrected chi connectivity index (χ1v) is 6.24. The molecular formula is C14H19N3O. The van der Waals surface area contributed by atoms with Crippen molar-refractivity contribution in [2.45, 2.75) is 13.0 Å². The van der Waals surface area contributed by atoms with Gasteiger partial charge in [0.1, 0.15) is 6.26 Å². The lowest BCUT2D eigenvalue weighted by atomic mass is 10.1. The van der Waals surface area contributed by atoms with Crippen LogP contribution in [0.5, 0.6) is 0 Å². The molecule has 0 saturated heterocycles. The fourth-order valence-electron chi connectivity index (χ4n) is 1.93. The van der Waals surface area contributed by atoms with Crippen LogP contribution in [0.4, 0.5) is 0 Å². The first kappa shape index (κ1) is 12.8. The molecule has 0 bridgehead atoms. The monoisotopic (exact) mass is 245 g/mol. The molecule has 0 aliphatic heterocycles. The van der Waals surface area contributed by atoms with Gasteiger partial charge < -0.3 is 10.3 Å². The summed E-state index contributed by atoms with van der Waals surface area (Å²) in [6.07, 6.45) is 2.63. The van der Waals surface area contributed by atoms with Crippen LogP contribution >= 0.6 is 0 Å². The molecule has 0 aliphatic rings. The quantitative estimate of drug-likeness (QED) is 0.806. The molecule has 96 valence electrons. The molecule has 1 heterocycles. The first-order chi connectivity index (χ1) is 8.88. The summed E-state index contributed by atoms with van der Waals surface area (Å²) in [7, 11) is 0. The Morgan fingerprint density at radius 1 is 1.11 bits per heavy atom. The van der Waals surface area contributed by atoms with E-state index >= 15 is 0 Å². The van der Waals surface area contributed by atoms with Crippen LogP contribution in [0.15, 0.2) is 47.2 Å². The van der Waals surface area contributed by atoms with Gasteiger partial charge in [-0.05, 0) is 12.0 Å². The van der Waals surface area contributed by atoms with E-state index in [0.29, 0.717) is 6.54 Å². The summed E-state index contributed by atoms with van der Waals surface area (Å²) in [5, 5.41) is 3.94. The molecule has 0 atom stereocenters. The highest BCUT2D eigenvalue weighted by Gasteiger charge is 2.07. The van der Waals surface area contributed by atoms with E-state index in [-0.39, 0.29) is 0 Å². The van der Waals surface area contributed by atoms with Crippen molar-refractivity contribution in [1.82, 2.24) is 10.1 Å². The van der Waals surface area contributed by atoms with Gasteiger partial charge in [-0.15, -0.1) is 0 Å². The predicted octanol–water partition coefficient (Wildman–Crippen LogP) is 1.68. The Balaban J connectivity index is 1.86. The third-order valence-electron chi connectivity index (χ3n) is 2.88. The fraction of sp³-hybridized carbons (Fsp3) is 0.357. The Morgan fingerprint density at radius 3 is 2.61 bits per heavy atom. The number of nitrogens with two attached hydrogens (primary N) is 1. The van der Waals surface area contributed by atoms with Crippen molar-refractivity contribution in [2.24, 2.45) is 5.73 Å². The normalized spacial score (nSPS) is 11.0. The highest BCUT2D eigenvalue weighted by Crippen LogP contribution is 2.05. The average Bonchev–Trinajstić information content (AvgIpc) is 2.90. The van der Waals surface area contributed by atoms with Crippen molar-refractivity contribution in [1.29, 1.82) is 0 Å². The molecule has 0 amide bonds. The molecule has 0 unspecified atom stereocenters. The zero-order valence-electron chi connectivity index (χ0n) is 10.5. The van der Waals surface area contributed by atoms with Crippen molar-refractivity contribution in [3.8, 4) is 0 Å². The summed E-state index contributed by atoms with van der Waals surface area (Å²) in [5.41, 5.74) is 7.94. The van der Waals surface area contributed by atoms with Crippen LogP contribution in [0, 0.1) is 0 Å². The zero-order valence-corrected chi connectivity index (χ0v) is 10.5. The van der Waals surface area contributed by atoms with Crippen LogP contribution < -0.4 is 5.73 Å². The molecule has 2 N–H and O–H groups in total. The minimum atomic E-state index is 0.659. The third kappa shape index (κ3) is 3.98. The van der Waals surface area contributed by atoms with Gasteiger partial charge in [-0.2, -0.15) is 0 Å². The van der Waals surface area contributed by atoms with E-state index in [1.54, 1.807) is 6.26 Å². The molecule has 0 radical (unpaired) electrons. The van der Waals surface area contributed by atoms with Crippen molar-refractivity contribution in [3.05, 3.63) is 53.9 Å². The Hall–Kier alpha value is -1.65. The highest BCUT2D eigenvalue weighted by molar-refractivity contribution is 5.14. The van der Waals surface area contributed by atoms with E-state index in [9.17, 15) is 0 Å². The second-order valence-electron chi connectivity index (χ2n) is 4.29. The van der Waals surface area contributed by atoms with Gasteiger partial charge in [-0.25, -0.2) is 0 Å². The summed E-state index contributed by atoms with van der Waals surface area (Å²) >= 11 is 0. The molecule has 2 rings (SSSR count). The van der Waals surface area contributed by atoms with Crippen LogP contribution in [0.1, 0.15) is 11.3 Å². The molecule has 0 spiro atoms. The van der Waals surface area contributed by atoms with E-state index < -0.39 is 0 Å². The fourth-order valence-corrected chi connectivity index (χ4v) is 1.93. The molecule has 2 aromatic rings. The molecule has 0 saturated carbocycles. The third-order valence-corrected chi connectivity index (χ3v) is 2.88. The standard InChI is InChI=1S/C14H19N3O/c15-8-10-17(12-14-7-11-18-16-14)9-6-13-4-2-1-3-5-13/h1-5,7,11H,6,8-10,12,15H2. The minimum Gasteiger partial charge on any atom is -0.364 e. The minimum absolute atomic E-state index is 0.659. The van der Waals surface area contributed by atoms with Crippen LogP contribution in [-0.2, 0) is 13.0 Å². The SMILES string of the molecule is NCCN(CCc1ccccc1)Cc1ccon1. The molecule has 0 aliphatic carbocycles. The molecule has 4 nitrogen and oxygen atoms in total. The Labute approximate surface area is 107 Å². The average molecular weight is 245 g/mol. The maximum atomic E-state index is 5.64. The number of hydrogen-bond acceptors (Lipinski definition) is 4. The van der Waals surface area contributed by atoms with E-state index in [0.717, 1.165) is 31.7 Å². The van der Waals surface area contributed by atoms with Gasteiger partial charge in [0, 0.05) is 32.2 Å². The lowest BCUT2D eigenvalue weighted by Crippen LogP contribution is -2.31. The topological polar surface area (TPSA) is 55.3 Å². The van der Waals surface area contributed by atoms with Gasteiger partial charge in [0.05, 0.1) is 5.69 Å². The summed E-state index contributed by atoms with van der Waals surface area (Å²) < 4.78 is 4.85. The van der Waals surface area contributed by atoms with Gasteiger partial charge in [0.2, 0.25) is 0 Å². The van der Waals surface area contributed by atoms with E-state index in [2.05, 4.69) is 34.3 Å². The Morgan fingerprint density at radius 2 is 1.94 bits per heavy atom. The van der Waals surface area contributed by atoms with Crippen LogP contribution in [0.25, 0.3) is 0 Å². The largest absolute Gasteiger partial charge is 0.364 e. The van der Waals surface area contributed by atoms with Crippen LogP contribution in [-0.4, -0.2) is 29.7 Å². The maximum absolute atomic E-state index is 5.64. The van der Waals surface area contributed by atoms with Crippen LogP contribution in [0.3, 0.4) is 0 Å². The van der Waals surface area contributed by atoms with Gasteiger partial charge in [-0.1, -0.05) is 35.5 Å². The summed E-state index contributed by atoms with van der Waals surface area (Å²) in [5.74, 6) is 0. The van der Waals surface area contributed by atoms with Gasteiger partial charge in [-0.3, -0.25) is 4.90 Å². The predicted molar refractivity (Wildman–Crippen MR) is 71.0 cm³/mol.